The molecule has 106 valence electrons. The molecular formula is C13H16N4O3. The molecule has 0 atom stereocenters. The molecule has 1 N–H and O–H groups in total. The molecule has 0 saturated heterocycles. The predicted molar refractivity (Wildman–Crippen MR) is 75.1 cm³/mol. The summed E-state index contributed by atoms with van der Waals surface area (Å²) in [7, 11) is 3.34. The van der Waals surface area contributed by atoms with E-state index < -0.39 is 4.92 Å². The van der Waals surface area contributed by atoms with Gasteiger partial charge in [-0.25, -0.2) is 0 Å². The van der Waals surface area contributed by atoms with E-state index >= 15 is 0 Å². The molecule has 7 nitrogen and oxygen atoms in total. The highest BCUT2D eigenvalue weighted by atomic mass is 16.6. The first-order valence-electron chi connectivity index (χ1n) is 6.15. The maximum atomic E-state index is 10.8. The van der Waals surface area contributed by atoms with Gasteiger partial charge in [-0.1, -0.05) is 18.2 Å². The van der Waals surface area contributed by atoms with Crippen molar-refractivity contribution in [1.82, 2.24) is 9.55 Å². The summed E-state index contributed by atoms with van der Waals surface area (Å²) in [6.07, 6.45) is 2.12. The van der Waals surface area contributed by atoms with Crippen LogP contribution in [0.15, 0.2) is 30.6 Å². The van der Waals surface area contributed by atoms with Crippen LogP contribution in [0.3, 0.4) is 0 Å². The minimum Gasteiger partial charge on any atom is -0.496 e. The molecule has 0 amide bonds. The Hall–Kier alpha value is -2.57. The minimum absolute atomic E-state index is 0.160. The summed E-state index contributed by atoms with van der Waals surface area (Å²) < 4.78 is 6.86. The lowest BCUT2D eigenvalue weighted by molar-refractivity contribution is -0.388. The molecule has 2 aromatic rings. The number of benzene rings is 1. The number of imidazole rings is 1. The van der Waals surface area contributed by atoms with Gasteiger partial charge in [0.1, 0.15) is 5.75 Å². The molecule has 0 aliphatic heterocycles. The number of ether oxygens (including phenoxy) is 1. The Balaban J connectivity index is 2.03. The zero-order valence-corrected chi connectivity index (χ0v) is 11.4. The summed E-state index contributed by atoms with van der Waals surface area (Å²) in [5, 5.41) is 13.9. The average molecular weight is 276 g/mol. The first-order chi connectivity index (χ1) is 9.63. The maximum absolute atomic E-state index is 10.8. The number of aromatic nitrogens is 2. The first kappa shape index (κ1) is 13.9. The molecule has 1 aromatic heterocycles. The Morgan fingerprint density at radius 3 is 2.90 bits per heavy atom. The summed E-state index contributed by atoms with van der Waals surface area (Å²) in [5.74, 6) is 1.06. The van der Waals surface area contributed by atoms with Crippen molar-refractivity contribution < 1.29 is 9.66 Å². The molecule has 1 aromatic carbocycles. The van der Waals surface area contributed by atoms with Crippen LogP contribution in [-0.4, -0.2) is 28.1 Å². The molecule has 0 spiro atoms. The molecule has 0 fully saturated rings. The normalized spacial score (nSPS) is 10.3. The molecule has 0 saturated carbocycles. The maximum Gasteiger partial charge on any atom is 0.406 e. The highest BCUT2D eigenvalue weighted by Crippen LogP contribution is 2.22. The van der Waals surface area contributed by atoms with Crippen molar-refractivity contribution in [1.29, 1.82) is 0 Å². The monoisotopic (exact) mass is 276 g/mol. The summed E-state index contributed by atoms with van der Waals surface area (Å²) in [4.78, 5) is 14.1. The van der Waals surface area contributed by atoms with Crippen molar-refractivity contribution in [2.24, 2.45) is 7.05 Å². The molecule has 0 radical (unpaired) electrons. The number of nitro groups is 1. The number of rotatable bonds is 6. The van der Waals surface area contributed by atoms with Crippen molar-refractivity contribution in [3.8, 4) is 5.75 Å². The Morgan fingerprint density at radius 2 is 2.20 bits per heavy atom. The fraction of sp³-hybridized carbons (Fsp3) is 0.308. The fourth-order valence-electron chi connectivity index (χ4n) is 1.98. The Kier molecular flexibility index (Phi) is 4.19. The van der Waals surface area contributed by atoms with Crippen LogP contribution in [0.2, 0.25) is 0 Å². The van der Waals surface area contributed by atoms with Gasteiger partial charge >= 0.3 is 5.82 Å². The minimum atomic E-state index is -0.495. The third kappa shape index (κ3) is 2.87. The molecule has 0 unspecified atom stereocenters. The molecule has 20 heavy (non-hydrogen) atoms. The molecule has 2 rings (SSSR count). The molecule has 0 aliphatic rings. The number of anilines is 1. The molecule has 0 aliphatic carbocycles. The SMILES string of the molecule is COc1ccccc1CCNc1c([N+](=O)[O-])ncn1C. The van der Waals surface area contributed by atoms with Gasteiger partial charge in [0.15, 0.2) is 0 Å². The number of aryl methyl sites for hydroxylation is 1. The smallest absolute Gasteiger partial charge is 0.406 e. The number of methoxy groups -OCH3 is 1. The number of hydrogen-bond donors (Lipinski definition) is 1. The van der Waals surface area contributed by atoms with Crippen LogP contribution in [0.5, 0.6) is 5.75 Å². The Bertz CT molecular complexity index is 609. The third-order valence-corrected chi connectivity index (χ3v) is 2.97. The van der Waals surface area contributed by atoms with Gasteiger partial charge in [0.2, 0.25) is 12.1 Å². The number of nitrogens with one attached hydrogen (secondary N) is 1. The van der Waals surface area contributed by atoms with Crippen molar-refractivity contribution >= 4 is 11.6 Å². The van der Waals surface area contributed by atoms with E-state index in [1.165, 1.54) is 6.33 Å². The van der Waals surface area contributed by atoms with Gasteiger partial charge in [0, 0.05) is 13.6 Å². The lowest BCUT2D eigenvalue weighted by atomic mass is 10.1. The lowest BCUT2D eigenvalue weighted by Crippen LogP contribution is -2.10. The van der Waals surface area contributed by atoms with Gasteiger partial charge in [-0.3, -0.25) is 4.57 Å². The van der Waals surface area contributed by atoms with Gasteiger partial charge in [0.05, 0.1) is 7.11 Å². The molecule has 1 heterocycles. The van der Waals surface area contributed by atoms with Gasteiger partial charge in [-0.15, -0.1) is 0 Å². The van der Waals surface area contributed by atoms with Gasteiger partial charge in [-0.2, -0.15) is 0 Å². The largest absolute Gasteiger partial charge is 0.496 e. The standard InChI is InChI=1S/C13H16N4O3/c1-16-9-15-13(17(18)19)12(16)14-8-7-10-5-3-4-6-11(10)20-2/h3-6,9,14H,7-8H2,1-2H3. The second-order valence-corrected chi connectivity index (χ2v) is 4.27. The van der Waals surface area contributed by atoms with E-state index in [0.717, 1.165) is 11.3 Å². The highest BCUT2D eigenvalue weighted by molar-refractivity contribution is 5.52. The second kappa shape index (κ2) is 6.05. The van der Waals surface area contributed by atoms with Gasteiger partial charge in [0.25, 0.3) is 0 Å². The predicted octanol–water partition coefficient (Wildman–Crippen LogP) is 1.99. The lowest BCUT2D eigenvalue weighted by Gasteiger charge is -2.09. The fourth-order valence-corrected chi connectivity index (χ4v) is 1.98. The van der Waals surface area contributed by atoms with Crippen molar-refractivity contribution in [3.05, 3.63) is 46.3 Å². The third-order valence-electron chi connectivity index (χ3n) is 2.97. The molecular weight excluding hydrogens is 260 g/mol. The van der Waals surface area contributed by atoms with E-state index in [1.54, 1.807) is 18.7 Å². The zero-order valence-electron chi connectivity index (χ0n) is 11.4. The summed E-state index contributed by atoms with van der Waals surface area (Å²) in [6.45, 7) is 0.556. The van der Waals surface area contributed by atoms with Gasteiger partial charge < -0.3 is 20.2 Å². The second-order valence-electron chi connectivity index (χ2n) is 4.27. The van der Waals surface area contributed by atoms with Crippen molar-refractivity contribution in [2.75, 3.05) is 19.0 Å². The van der Waals surface area contributed by atoms with Crippen molar-refractivity contribution in [2.45, 2.75) is 6.42 Å². The highest BCUT2D eigenvalue weighted by Gasteiger charge is 2.19. The molecule has 7 heteroatoms. The first-order valence-corrected chi connectivity index (χ1v) is 6.15. The van der Waals surface area contributed by atoms with E-state index in [2.05, 4.69) is 10.3 Å². The average Bonchev–Trinajstić information content (AvgIpc) is 2.81. The van der Waals surface area contributed by atoms with Crippen LogP contribution in [0.25, 0.3) is 0 Å². The Labute approximate surface area is 116 Å². The molecule has 0 bridgehead atoms. The van der Waals surface area contributed by atoms with E-state index in [4.69, 9.17) is 4.74 Å². The van der Waals surface area contributed by atoms with E-state index in [1.807, 2.05) is 24.3 Å². The van der Waals surface area contributed by atoms with Crippen LogP contribution < -0.4 is 10.1 Å². The van der Waals surface area contributed by atoms with Crippen LogP contribution in [0, 0.1) is 10.1 Å². The Morgan fingerprint density at radius 1 is 1.45 bits per heavy atom. The van der Waals surface area contributed by atoms with Crippen molar-refractivity contribution in [3.63, 3.8) is 0 Å². The van der Waals surface area contributed by atoms with E-state index in [-0.39, 0.29) is 5.82 Å². The number of nitrogens with zero attached hydrogens (tertiary/aromatic N) is 3. The number of hydrogen-bond acceptors (Lipinski definition) is 5. The summed E-state index contributed by atoms with van der Waals surface area (Å²) in [6, 6.07) is 7.70. The van der Waals surface area contributed by atoms with E-state index in [9.17, 15) is 10.1 Å². The summed E-state index contributed by atoms with van der Waals surface area (Å²) >= 11 is 0. The van der Waals surface area contributed by atoms with Crippen LogP contribution in [0.4, 0.5) is 11.6 Å². The quantitative estimate of drug-likeness (QED) is 0.644. The van der Waals surface area contributed by atoms with Crippen LogP contribution in [0.1, 0.15) is 5.56 Å². The van der Waals surface area contributed by atoms with Crippen LogP contribution >= 0.6 is 0 Å². The zero-order chi connectivity index (χ0) is 14.5. The number of para-hydroxylation sites is 1. The topological polar surface area (TPSA) is 82.2 Å². The van der Waals surface area contributed by atoms with E-state index in [0.29, 0.717) is 18.8 Å². The van der Waals surface area contributed by atoms with Crippen LogP contribution in [-0.2, 0) is 13.5 Å². The summed E-state index contributed by atoms with van der Waals surface area (Å²) in [5.41, 5.74) is 1.05. The van der Waals surface area contributed by atoms with Gasteiger partial charge in [-0.05, 0) is 28.0 Å².